The Balaban J connectivity index is 1.93. The van der Waals surface area contributed by atoms with E-state index < -0.39 is 0 Å². The third-order valence-corrected chi connectivity index (χ3v) is 3.44. The van der Waals surface area contributed by atoms with E-state index in [-0.39, 0.29) is 0 Å². The zero-order valence-electron chi connectivity index (χ0n) is 10.8. The van der Waals surface area contributed by atoms with Crippen LogP contribution in [0.2, 0.25) is 0 Å². The second-order valence-corrected chi connectivity index (χ2v) is 4.83. The lowest BCUT2D eigenvalue weighted by Gasteiger charge is -2.24. The van der Waals surface area contributed by atoms with Crippen LogP contribution in [0.15, 0.2) is 18.3 Å². The number of nitrogens with zero attached hydrogens (tertiary/aromatic N) is 2. The molecule has 1 aromatic rings. The molecule has 1 fully saturated rings. The summed E-state index contributed by atoms with van der Waals surface area (Å²) in [5, 5.41) is 3.17. The van der Waals surface area contributed by atoms with Crippen molar-refractivity contribution >= 4 is 5.69 Å². The second-order valence-electron chi connectivity index (χ2n) is 4.83. The summed E-state index contributed by atoms with van der Waals surface area (Å²) in [5.41, 5.74) is 2.33. The Morgan fingerprint density at radius 3 is 2.59 bits per heavy atom. The lowest BCUT2D eigenvalue weighted by Crippen LogP contribution is -2.27. The first-order chi connectivity index (χ1) is 8.38. The van der Waals surface area contributed by atoms with E-state index in [0.717, 1.165) is 12.2 Å². The van der Waals surface area contributed by atoms with Gasteiger partial charge in [-0.1, -0.05) is 19.3 Å². The van der Waals surface area contributed by atoms with E-state index in [0.29, 0.717) is 0 Å². The summed E-state index contributed by atoms with van der Waals surface area (Å²) in [5.74, 6) is 0. The van der Waals surface area contributed by atoms with Crippen molar-refractivity contribution in [3.8, 4) is 0 Å². The van der Waals surface area contributed by atoms with Crippen LogP contribution in [-0.2, 0) is 6.54 Å². The molecule has 2 rings (SSSR count). The summed E-state index contributed by atoms with van der Waals surface area (Å²) in [6.45, 7) is 3.45. The number of pyridine rings is 1. The molecule has 0 aliphatic carbocycles. The fraction of sp³-hybridized carbons (Fsp3) is 0.643. The first kappa shape index (κ1) is 12.4. The van der Waals surface area contributed by atoms with Gasteiger partial charge in [0.25, 0.3) is 0 Å². The van der Waals surface area contributed by atoms with Crippen molar-refractivity contribution in [1.29, 1.82) is 0 Å². The van der Waals surface area contributed by atoms with Crippen LogP contribution >= 0.6 is 0 Å². The predicted octanol–water partition coefficient (Wildman–Crippen LogP) is 2.89. The van der Waals surface area contributed by atoms with Crippen molar-refractivity contribution in [1.82, 2.24) is 9.88 Å². The third-order valence-electron chi connectivity index (χ3n) is 3.44. The molecule has 1 saturated heterocycles. The van der Waals surface area contributed by atoms with Gasteiger partial charge in [-0.15, -0.1) is 0 Å². The van der Waals surface area contributed by atoms with E-state index >= 15 is 0 Å². The van der Waals surface area contributed by atoms with Crippen molar-refractivity contribution in [2.75, 3.05) is 25.5 Å². The zero-order valence-corrected chi connectivity index (χ0v) is 10.8. The van der Waals surface area contributed by atoms with Crippen molar-refractivity contribution in [2.24, 2.45) is 0 Å². The molecule has 0 atom stereocenters. The maximum atomic E-state index is 4.45. The van der Waals surface area contributed by atoms with Gasteiger partial charge in [-0.25, -0.2) is 0 Å². The smallest absolute Gasteiger partial charge is 0.0564 e. The highest BCUT2D eigenvalue weighted by Crippen LogP contribution is 2.14. The van der Waals surface area contributed by atoms with Gasteiger partial charge >= 0.3 is 0 Å². The van der Waals surface area contributed by atoms with Crippen LogP contribution in [0.3, 0.4) is 0 Å². The molecule has 3 nitrogen and oxygen atoms in total. The van der Waals surface area contributed by atoms with Crippen LogP contribution in [0.4, 0.5) is 5.69 Å². The monoisotopic (exact) mass is 233 g/mol. The van der Waals surface area contributed by atoms with Gasteiger partial charge in [-0.2, -0.15) is 0 Å². The van der Waals surface area contributed by atoms with Gasteiger partial charge in [-0.3, -0.25) is 9.88 Å². The molecule has 0 amide bonds. The van der Waals surface area contributed by atoms with Gasteiger partial charge in [0, 0.05) is 25.5 Å². The molecule has 1 N–H and O–H groups in total. The normalized spacial score (nSPS) is 18.4. The number of aromatic nitrogens is 1. The summed E-state index contributed by atoms with van der Waals surface area (Å²) in [6.07, 6.45) is 8.77. The summed E-state index contributed by atoms with van der Waals surface area (Å²) in [4.78, 5) is 7.00. The van der Waals surface area contributed by atoms with Gasteiger partial charge in [0.15, 0.2) is 0 Å². The van der Waals surface area contributed by atoms with Gasteiger partial charge in [0.05, 0.1) is 5.69 Å². The molecule has 0 unspecified atom stereocenters. The molecule has 0 saturated carbocycles. The van der Waals surface area contributed by atoms with Gasteiger partial charge in [0.2, 0.25) is 0 Å². The quantitative estimate of drug-likeness (QED) is 0.870. The van der Waals surface area contributed by atoms with Crippen LogP contribution in [0.1, 0.15) is 37.8 Å². The fourth-order valence-electron chi connectivity index (χ4n) is 2.42. The van der Waals surface area contributed by atoms with Crippen LogP contribution in [0.25, 0.3) is 0 Å². The Labute approximate surface area is 104 Å². The summed E-state index contributed by atoms with van der Waals surface area (Å²) in [7, 11) is 1.95. The number of likely N-dealkylation sites (tertiary alicyclic amines) is 1. The number of hydrogen-bond donors (Lipinski definition) is 1. The van der Waals surface area contributed by atoms with E-state index in [4.69, 9.17) is 0 Å². The molecule has 17 heavy (non-hydrogen) atoms. The Kier molecular flexibility index (Phi) is 4.80. The molecule has 1 aromatic heterocycles. The SMILES string of the molecule is CNc1ccnc(CN2CCCCCCC2)c1. The lowest BCUT2D eigenvalue weighted by atomic mass is 10.1. The third kappa shape index (κ3) is 4.00. The molecule has 94 valence electrons. The largest absolute Gasteiger partial charge is 0.388 e. The molecular weight excluding hydrogens is 210 g/mol. The van der Waals surface area contributed by atoms with Crippen LogP contribution in [-0.4, -0.2) is 30.0 Å². The van der Waals surface area contributed by atoms with Crippen molar-refractivity contribution in [2.45, 2.75) is 38.6 Å². The maximum Gasteiger partial charge on any atom is 0.0564 e. The van der Waals surface area contributed by atoms with Crippen LogP contribution in [0.5, 0.6) is 0 Å². The van der Waals surface area contributed by atoms with E-state index in [1.807, 2.05) is 19.3 Å². The zero-order chi connectivity index (χ0) is 11.9. The predicted molar refractivity (Wildman–Crippen MR) is 72.1 cm³/mol. The summed E-state index contributed by atoms with van der Waals surface area (Å²) >= 11 is 0. The van der Waals surface area contributed by atoms with E-state index in [1.54, 1.807) is 0 Å². The fourth-order valence-corrected chi connectivity index (χ4v) is 2.42. The highest BCUT2D eigenvalue weighted by atomic mass is 15.1. The summed E-state index contributed by atoms with van der Waals surface area (Å²) < 4.78 is 0. The second kappa shape index (κ2) is 6.60. The molecule has 0 bridgehead atoms. The lowest BCUT2D eigenvalue weighted by molar-refractivity contribution is 0.237. The Morgan fingerprint density at radius 2 is 1.88 bits per heavy atom. The Morgan fingerprint density at radius 1 is 1.18 bits per heavy atom. The molecule has 0 aromatic carbocycles. The highest BCUT2D eigenvalue weighted by Gasteiger charge is 2.09. The van der Waals surface area contributed by atoms with Gasteiger partial charge in [0.1, 0.15) is 0 Å². The molecular formula is C14H23N3. The van der Waals surface area contributed by atoms with Crippen molar-refractivity contribution < 1.29 is 0 Å². The minimum Gasteiger partial charge on any atom is -0.388 e. The summed E-state index contributed by atoms with van der Waals surface area (Å²) in [6, 6.07) is 4.16. The van der Waals surface area contributed by atoms with E-state index in [2.05, 4.69) is 21.3 Å². The topological polar surface area (TPSA) is 28.2 Å². The van der Waals surface area contributed by atoms with E-state index in [1.165, 1.54) is 50.9 Å². The van der Waals surface area contributed by atoms with Crippen molar-refractivity contribution in [3.63, 3.8) is 0 Å². The number of anilines is 1. The standard InChI is InChI=1S/C14H23N3/c1-15-13-7-8-16-14(11-13)12-17-9-5-3-2-4-6-10-17/h7-8,11H,2-6,9-10,12H2,1H3,(H,15,16). The minimum atomic E-state index is 0.996. The van der Waals surface area contributed by atoms with Crippen molar-refractivity contribution in [3.05, 3.63) is 24.0 Å². The first-order valence-electron chi connectivity index (χ1n) is 6.73. The molecule has 0 radical (unpaired) electrons. The number of rotatable bonds is 3. The average molecular weight is 233 g/mol. The van der Waals surface area contributed by atoms with Gasteiger partial charge in [-0.05, 0) is 38.1 Å². The van der Waals surface area contributed by atoms with Crippen LogP contribution < -0.4 is 5.32 Å². The Bertz CT molecular complexity index is 330. The molecule has 1 aliphatic rings. The minimum absolute atomic E-state index is 0.996. The highest BCUT2D eigenvalue weighted by molar-refractivity contribution is 5.42. The van der Waals surface area contributed by atoms with Crippen LogP contribution in [0, 0.1) is 0 Å². The average Bonchev–Trinajstić information content (AvgIpc) is 2.33. The maximum absolute atomic E-state index is 4.45. The Hall–Kier alpha value is -1.09. The van der Waals surface area contributed by atoms with Gasteiger partial charge < -0.3 is 5.32 Å². The molecule has 1 aliphatic heterocycles. The number of nitrogens with one attached hydrogen (secondary N) is 1. The first-order valence-corrected chi connectivity index (χ1v) is 6.73. The molecule has 3 heteroatoms. The van der Waals surface area contributed by atoms with E-state index in [9.17, 15) is 0 Å². The number of hydrogen-bond acceptors (Lipinski definition) is 3. The molecule has 2 heterocycles. The molecule has 0 spiro atoms.